The Morgan fingerprint density at radius 1 is 1.17 bits per heavy atom. The maximum atomic E-state index is 12.1. The number of aryl methyl sites for hydroxylation is 1. The van der Waals surface area contributed by atoms with Crippen molar-refractivity contribution in [2.45, 2.75) is 13.5 Å². The predicted octanol–water partition coefficient (Wildman–Crippen LogP) is 1.83. The highest BCUT2D eigenvalue weighted by atomic mass is 16.2. The maximum Gasteiger partial charge on any atom is 0.234 e. The monoisotopic (exact) mass is 324 g/mol. The van der Waals surface area contributed by atoms with E-state index in [4.69, 9.17) is 0 Å². The Bertz CT molecular complexity index is 666. The summed E-state index contributed by atoms with van der Waals surface area (Å²) in [6.45, 7) is 6.85. The van der Waals surface area contributed by atoms with Crippen LogP contribution in [-0.4, -0.2) is 48.5 Å². The minimum atomic E-state index is 0.0721. The van der Waals surface area contributed by atoms with Crippen molar-refractivity contribution >= 4 is 11.6 Å². The number of aromatic nitrogens is 1. The molecule has 5 heteroatoms. The van der Waals surface area contributed by atoms with Gasteiger partial charge in [-0.2, -0.15) is 0 Å². The molecular weight excluding hydrogens is 300 g/mol. The zero-order valence-corrected chi connectivity index (χ0v) is 14.1. The van der Waals surface area contributed by atoms with Crippen molar-refractivity contribution in [1.29, 1.82) is 0 Å². The first kappa shape index (κ1) is 16.5. The number of amides is 1. The Morgan fingerprint density at radius 3 is 2.71 bits per heavy atom. The van der Waals surface area contributed by atoms with Gasteiger partial charge in [-0.3, -0.25) is 14.7 Å². The summed E-state index contributed by atoms with van der Waals surface area (Å²) in [6.07, 6.45) is 3.51. The fourth-order valence-corrected chi connectivity index (χ4v) is 2.95. The quantitative estimate of drug-likeness (QED) is 0.911. The molecule has 0 spiro atoms. The van der Waals surface area contributed by atoms with Gasteiger partial charge in [0.2, 0.25) is 5.91 Å². The average Bonchev–Trinajstić information content (AvgIpc) is 2.61. The first-order valence-electron chi connectivity index (χ1n) is 8.40. The number of pyridine rings is 1. The zero-order valence-electron chi connectivity index (χ0n) is 14.1. The fourth-order valence-electron chi connectivity index (χ4n) is 2.95. The second-order valence-electron chi connectivity index (χ2n) is 6.24. The molecule has 1 aromatic heterocycles. The molecule has 0 saturated carbocycles. The first-order valence-corrected chi connectivity index (χ1v) is 8.40. The van der Waals surface area contributed by atoms with E-state index in [2.05, 4.69) is 51.3 Å². The van der Waals surface area contributed by atoms with Gasteiger partial charge in [-0.25, -0.2) is 0 Å². The third-order valence-electron chi connectivity index (χ3n) is 4.32. The van der Waals surface area contributed by atoms with Crippen LogP contribution in [0.4, 0.5) is 5.69 Å². The second kappa shape index (κ2) is 7.93. The summed E-state index contributed by atoms with van der Waals surface area (Å²) in [6, 6.07) is 12.4. The maximum absolute atomic E-state index is 12.1. The lowest BCUT2D eigenvalue weighted by atomic mass is 10.2. The summed E-state index contributed by atoms with van der Waals surface area (Å²) in [7, 11) is 0. The van der Waals surface area contributed by atoms with Gasteiger partial charge in [0.25, 0.3) is 0 Å². The van der Waals surface area contributed by atoms with Crippen molar-refractivity contribution in [2.75, 3.05) is 37.6 Å². The van der Waals surface area contributed by atoms with Crippen LogP contribution in [0.25, 0.3) is 0 Å². The van der Waals surface area contributed by atoms with Crippen LogP contribution in [0.15, 0.2) is 48.8 Å². The topological polar surface area (TPSA) is 48.5 Å². The lowest BCUT2D eigenvalue weighted by Crippen LogP contribution is -2.49. The molecule has 126 valence electrons. The summed E-state index contributed by atoms with van der Waals surface area (Å²) in [4.78, 5) is 20.7. The lowest BCUT2D eigenvalue weighted by Gasteiger charge is -2.35. The van der Waals surface area contributed by atoms with Crippen molar-refractivity contribution in [1.82, 2.24) is 15.2 Å². The van der Waals surface area contributed by atoms with Gasteiger partial charge in [0.1, 0.15) is 0 Å². The summed E-state index contributed by atoms with van der Waals surface area (Å²) in [5.74, 6) is 0.0721. The van der Waals surface area contributed by atoms with Crippen LogP contribution in [0.2, 0.25) is 0 Å². The van der Waals surface area contributed by atoms with E-state index in [1.165, 1.54) is 11.3 Å². The molecule has 1 fully saturated rings. The number of rotatable bonds is 5. The molecule has 2 aromatic rings. The van der Waals surface area contributed by atoms with E-state index in [1.807, 2.05) is 12.1 Å². The molecule has 1 N–H and O–H groups in total. The molecule has 0 aliphatic carbocycles. The number of piperazine rings is 1. The van der Waals surface area contributed by atoms with Gasteiger partial charge in [-0.05, 0) is 36.2 Å². The van der Waals surface area contributed by atoms with E-state index in [1.54, 1.807) is 12.4 Å². The molecule has 0 radical (unpaired) electrons. The molecule has 1 amide bonds. The van der Waals surface area contributed by atoms with E-state index >= 15 is 0 Å². The Balaban J connectivity index is 1.42. The number of hydrogen-bond donors (Lipinski definition) is 1. The van der Waals surface area contributed by atoms with Crippen LogP contribution in [0.1, 0.15) is 11.1 Å². The number of nitrogens with one attached hydrogen (secondary N) is 1. The fraction of sp³-hybridized carbons (Fsp3) is 0.368. The van der Waals surface area contributed by atoms with Crippen molar-refractivity contribution < 1.29 is 4.79 Å². The van der Waals surface area contributed by atoms with Gasteiger partial charge in [0, 0.05) is 50.8 Å². The van der Waals surface area contributed by atoms with Crippen LogP contribution in [-0.2, 0) is 11.3 Å². The molecule has 5 nitrogen and oxygen atoms in total. The second-order valence-corrected chi connectivity index (χ2v) is 6.24. The van der Waals surface area contributed by atoms with Crippen LogP contribution in [0.3, 0.4) is 0 Å². The standard InChI is InChI=1S/C19H24N4O/c1-16-4-2-6-18(12-16)23-10-8-22(9-11-23)15-19(24)21-14-17-5-3-7-20-13-17/h2-7,12-13H,8-11,14-15H2,1H3,(H,21,24). The number of nitrogens with zero attached hydrogens (tertiary/aromatic N) is 3. The van der Waals surface area contributed by atoms with Gasteiger partial charge in [0.15, 0.2) is 0 Å². The Hall–Kier alpha value is -2.40. The van der Waals surface area contributed by atoms with Gasteiger partial charge in [-0.15, -0.1) is 0 Å². The minimum Gasteiger partial charge on any atom is -0.369 e. The molecule has 2 heterocycles. The summed E-state index contributed by atoms with van der Waals surface area (Å²) in [5, 5.41) is 2.96. The summed E-state index contributed by atoms with van der Waals surface area (Å²) < 4.78 is 0. The van der Waals surface area contributed by atoms with E-state index in [0.29, 0.717) is 13.1 Å². The summed E-state index contributed by atoms with van der Waals surface area (Å²) >= 11 is 0. The summed E-state index contributed by atoms with van der Waals surface area (Å²) in [5.41, 5.74) is 3.58. The largest absolute Gasteiger partial charge is 0.369 e. The van der Waals surface area contributed by atoms with Gasteiger partial charge >= 0.3 is 0 Å². The third-order valence-corrected chi connectivity index (χ3v) is 4.32. The van der Waals surface area contributed by atoms with E-state index in [9.17, 15) is 4.79 Å². The van der Waals surface area contributed by atoms with Gasteiger partial charge < -0.3 is 10.2 Å². The van der Waals surface area contributed by atoms with Crippen molar-refractivity contribution in [2.24, 2.45) is 0 Å². The highest BCUT2D eigenvalue weighted by Crippen LogP contribution is 2.17. The number of carbonyl (C=O) groups is 1. The predicted molar refractivity (Wildman–Crippen MR) is 95.9 cm³/mol. The molecule has 24 heavy (non-hydrogen) atoms. The molecule has 1 aliphatic heterocycles. The Kier molecular flexibility index (Phi) is 5.43. The molecule has 0 atom stereocenters. The minimum absolute atomic E-state index is 0.0721. The highest BCUT2D eigenvalue weighted by Gasteiger charge is 2.19. The molecular formula is C19H24N4O. The SMILES string of the molecule is Cc1cccc(N2CCN(CC(=O)NCc3cccnc3)CC2)c1. The molecule has 0 unspecified atom stereocenters. The van der Waals surface area contributed by atoms with Crippen LogP contribution in [0, 0.1) is 6.92 Å². The van der Waals surface area contributed by atoms with Crippen LogP contribution in [0.5, 0.6) is 0 Å². The van der Waals surface area contributed by atoms with Crippen molar-refractivity contribution in [3.05, 3.63) is 59.9 Å². The molecule has 0 bridgehead atoms. The van der Waals surface area contributed by atoms with Crippen molar-refractivity contribution in [3.8, 4) is 0 Å². The molecule has 3 rings (SSSR count). The highest BCUT2D eigenvalue weighted by molar-refractivity contribution is 5.78. The van der Waals surface area contributed by atoms with Crippen molar-refractivity contribution in [3.63, 3.8) is 0 Å². The molecule has 1 aliphatic rings. The number of hydrogen-bond acceptors (Lipinski definition) is 4. The van der Waals surface area contributed by atoms with Gasteiger partial charge in [0.05, 0.1) is 6.54 Å². The number of carbonyl (C=O) groups excluding carboxylic acids is 1. The Morgan fingerprint density at radius 2 is 2.00 bits per heavy atom. The lowest BCUT2D eigenvalue weighted by molar-refractivity contribution is -0.122. The van der Waals surface area contributed by atoms with Crippen LogP contribution < -0.4 is 10.2 Å². The first-order chi connectivity index (χ1) is 11.7. The van der Waals surface area contributed by atoms with E-state index < -0.39 is 0 Å². The third kappa shape index (κ3) is 4.55. The number of anilines is 1. The van der Waals surface area contributed by atoms with Gasteiger partial charge in [-0.1, -0.05) is 18.2 Å². The smallest absolute Gasteiger partial charge is 0.234 e. The van der Waals surface area contributed by atoms with E-state index in [0.717, 1.165) is 31.7 Å². The molecule has 1 saturated heterocycles. The average molecular weight is 324 g/mol. The Labute approximate surface area is 143 Å². The van der Waals surface area contributed by atoms with E-state index in [-0.39, 0.29) is 5.91 Å². The molecule has 1 aromatic carbocycles. The van der Waals surface area contributed by atoms with Crippen LogP contribution >= 0.6 is 0 Å². The normalized spacial score (nSPS) is 15.3. The number of benzene rings is 1. The zero-order chi connectivity index (χ0) is 16.8.